The maximum atomic E-state index is 12.7. The van der Waals surface area contributed by atoms with E-state index >= 15 is 0 Å². The Morgan fingerprint density at radius 1 is 1.05 bits per heavy atom. The van der Waals surface area contributed by atoms with Gasteiger partial charge in [0.1, 0.15) is 5.60 Å². The summed E-state index contributed by atoms with van der Waals surface area (Å²) in [6, 6.07) is 0.0655. The first kappa shape index (κ1) is 17.1. The second-order valence-electron chi connectivity index (χ2n) is 7.64. The van der Waals surface area contributed by atoms with E-state index in [2.05, 4.69) is 0 Å². The quantitative estimate of drug-likeness (QED) is 0.748. The molecule has 1 aliphatic heterocycles. The first-order chi connectivity index (χ1) is 10.3. The number of ether oxygens (including phenoxy) is 1. The maximum absolute atomic E-state index is 12.7. The second-order valence-corrected chi connectivity index (χ2v) is 7.64. The van der Waals surface area contributed by atoms with E-state index in [4.69, 9.17) is 4.74 Å². The second kappa shape index (κ2) is 6.88. The Hall–Kier alpha value is -1.26. The van der Waals surface area contributed by atoms with Gasteiger partial charge in [0.15, 0.2) is 0 Å². The van der Waals surface area contributed by atoms with Crippen LogP contribution < -0.4 is 0 Å². The fourth-order valence-electron chi connectivity index (χ4n) is 3.36. The molecular formula is C17H30N2O3. The molecule has 0 aromatic rings. The molecule has 2 rings (SSSR count). The zero-order valence-electron chi connectivity index (χ0n) is 14.4. The number of rotatable bonds is 1. The molecule has 0 aromatic carbocycles. The molecule has 0 radical (unpaired) electrons. The van der Waals surface area contributed by atoms with Crippen LogP contribution in [0.5, 0.6) is 0 Å². The Bertz CT molecular complexity index is 411. The lowest BCUT2D eigenvalue weighted by Gasteiger charge is -2.41. The van der Waals surface area contributed by atoms with Crippen molar-refractivity contribution in [3.05, 3.63) is 0 Å². The lowest BCUT2D eigenvalue weighted by atomic mass is 9.88. The van der Waals surface area contributed by atoms with Crippen LogP contribution >= 0.6 is 0 Å². The van der Waals surface area contributed by atoms with Crippen molar-refractivity contribution in [2.75, 3.05) is 19.6 Å². The van der Waals surface area contributed by atoms with Crippen LogP contribution in [0.4, 0.5) is 4.79 Å². The van der Waals surface area contributed by atoms with Crippen LogP contribution in [0.15, 0.2) is 0 Å². The van der Waals surface area contributed by atoms with E-state index in [9.17, 15) is 9.59 Å². The van der Waals surface area contributed by atoms with Crippen molar-refractivity contribution in [3.8, 4) is 0 Å². The molecule has 0 spiro atoms. The van der Waals surface area contributed by atoms with Crippen molar-refractivity contribution in [2.45, 2.75) is 71.4 Å². The average Bonchev–Trinajstić information content (AvgIpc) is 2.45. The summed E-state index contributed by atoms with van der Waals surface area (Å²) < 4.78 is 5.42. The lowest BCUT2D eigenvalue weighted by molar-refractivity contribution is -0.141. The highest BCUT2D eigenvalue weighted by Gasteiger charge is 2.34. The fourth-order valence-corrected chi connectivity index (χ4v) is 3.36. The summed E-state index contributed by atoms with van der Waals surface area (Å²) >= 11 is 0. The highest BCUT2D eigenvalue weighted by molar-refractivity contribution is 5.79. The Labute approximate surface area is 134 Å². The van der Waals surface area contributed by atoms with Gasteiger partial charge in [-0.2, -0.15) is 0 Å². The van der Waals surface area contributed by atoms with Crippen molar-refractivity contribution in [1.29, 1.82) is 0 Å². The molecule has 2 aliphatic rings. The monoisotopic (exact) mass is 310 g/mol. The van der Waals surface area contributed by atoms with E-state index in [1.165, 1.54) is 19.3 Å². The summed E-state index contributed by atoms with van der Waals surface area (Å²) in [4.78, 5) is 28.5. The molecule has 1 heterocycles. The molecule has 5 nitrogen and oxygen atoms in total. The predicted molar refractivity (Wildman–Crippen MR) is 85.6 cm³/mol. The minimum Gasteiger partial charge on any atom is -0.444 e. The van der Waals surface area contributed by atoms with Gasteiger partial charge >= 0.3 is 6.09 Å². The molecule has 2 fully saturated rings. The molecule has 1 aliphatic carbocycles. The van der Waals surface area contributed by atoms with Crippen molar-refractivity contribution in [3.63, 3.8) is 0 Å². The molecule has 1 saturated carbocycles. The van der Waals surface area contributed by atoms with Crippen LogP contribution in [0.25, 0.3) is 0 Å². The normalized spacial score (nSPS) is 24.3. The molecule has 22 heavy (non-hydrogen) atoms. The summed E-state index contributed by atoms with van der Waals surface area (Å²) in [5.41, 5.74) is -0.477. The molecule has 0 bridgehead atoms. The van der Waals surface area contributed by atoms with Crippen LogP contribution in [0, 0.1) is 5.92 Å². The number of piperazine rings is 1. The van der Waals surface area contributed by atoms with E-state index in [-0.39, 0.29) is 24.0 Å². The summed E-state index contributed by atoms with van der Waals surface area (Å²) in [6.45, 7) is 9.39. The van der Waals surface area contributed by atoms with E-state index in [1.807, 2.05) is 32.6 Å². The molecule has 0 N–H and O–H groups in total. The topological polar surface area (TPSA) is 49.9 Å². The van der Waals surface area contributed by atoms with Crippen LogP contribution in [-0.4, -0.2) is 53.1 Å². The smallest absolute Gasteiger partial charge is 0.410 e. The van der Waals surface area contributed by atoms with Crippen LogP contribution in [0.1, 0.15) is 59.8 Å². The van der Waals surface area contributed by atoms with Gasteiger partial charge < -0.3 is 14.5 Å². The van der Waals surface area contributed by atoms with Crippen LogP contribution in [0.3, 0.4) is 0 Å². The number of nitrogens with zero attached hydrogens (tertiary/aromatic N) is 2. The van der Waals surface area contributed by atoms with Gasteiger partial charge in [-0.25, -0.2) is 4.79 Å². The average molecular weight is 310 g/mol. The van der Waals surface area contributed by atoms with Gasteiger partial charge in [-0.05, 0) is 40.5 Å². The van der Waals surface area contributed by atoms with Gasteiger partial charge in [0.05, 0.1) is 0 Å². The number of carbonyl (C=O) groups excluding carboxylic acids is 2. The highest BCUT2D eigenvalue weighted by atomic mass is 16.6. The number of carbonyl (C=O) groups is 2. The molecule has 1 atom stereocenters. The zero-order chi connectivity index (χ0) is 16.3. The van der Waals surface area contributed by atoms with E-state index in [0.29, 0.717) is 19.6 Å². The minimum absolute atomic E-state index is 0.0655. The van der Waals surface area contributed by atoms with E-state index in [1.54, 1.807) is 4.90 Å². The number of hydrogen-bond donors (Lipinski definition) is 0. The molecule has 2 amide bonds. The Morgan fingerprint density at radius 3 is 2.23 bits per heavy atom. The first-order valence-electron chi connectivity index (χ1n) is 8.56. The molecule has 126 valence electrons. The first-order valence-corrected chi connectivity index (χ1v) is 8.56. The van der Waals surface area contributed by atoms with Gasteiger partial charge in [-0.1, -0.05) is 19.3 Å². The lowest BCUT2D eigenvalue weighted by Crippen LogP contribution is -2.57. The molecule has 0 unspecified atom stereocenters. The van der Waals surface area contributed by atoms with E-state index in [0.717, 1.165) is 12.8 Å². The summed E-state index contributed by atoms with van der Waals surface area (Å²) in [7, 11) is 0. The fraction of sp³-hybridized carbons (Fsp3) is 0.882. The predicted octanol–water partition coefficient (Wildman–Crippen LogP) is 3.03. The standard InChI is InChI=1S/C17H30N2O3/c1-13-12-18(16(21)22-17(2,3)4)10-11-19(13)15(20)14-8-6-5-7-9-14/h13-14H,5-12H2,1-4H3/t13-/m1/s1. The number of amides is 2. The number of hydrogen-bond acceptors (Lipinski definition) is 3. The third-order valence-electron chi connectivity index (χ3n) is 4.52. The third kappa shape index (κ3) is 4.37. The van der Waals surface area contributed by atoms with Gasteiger partial charge in [-0.3, -0.25) is 4.79 Å². The summed E-state index contributed by atoms with van der Waals surface area (Å²) in [6.07, 6.45) is 5.37. The minimum atomic E-state index is -0.477. The Balaban J connectivity index is 1.89. The van der Waals surface area contributed by atoms with Crippen LogP contribution in [-0.2, 0) is 9.53 Å². The third-order valence-corrected chi connectivity index (χ3v) is 4.52. The Morgan fingerprint density at radius 2 is 1.68 bits per heavy atom. The highest BCUT2D eigenvalue weighted by Crippen LogP contribution is 2.27. The van der Waals surface area contributed by atoms with Crippen molar-refractivity contribution < 1.29 is 14.3 Å². The van der Waals surface area contributed by atoms with Gasteiger partial charge in [-0.15, -0.1) is 0 Å². The van der Waals surface area contributed by atoms with Gasteiger partial charge in [0.25, 0.3) is 0 Å². The van der Waals surface area contributed by atoms with Gasteiger partial charge in [0, 0.05) is 31.6 Å². The largest absolute Gasteiger partial charge is 0.444 e. The maximum Gasteiger partial charge on any atom is 0.410 e. The molecular weight excluding hydrogens is 280 g/mol. The summed E-state index contributed by atoms with van der Waals surface area (Å²) in [5.74, 6) is 0.486. The molecule has 5 heteroatoms. The van der Waals surface area contributed by atoms with Crippen molar-refractivity contribution >= 4 is 12.0 Å². The summed E-state index contributed by atoms with van der Waals surface area (Å²) in [5, 5.41) is 0. The molecule has 0 aromatic heterocycles. The van der Waals surface area contributed by atoms with Crippen molar-refractivity contribution in [2.24, 2.45) is 5.92 Å². The SMILES string of the molecule is C[C@@H]1CN(C(=O)OC(C)(C)C)CCN1C(=O)C1CCCCC1. The van der Waals surface area contributed by atoms with Crippen molar-refractivity contribution in [1.82, 2.24) is 9.80 Å². The zero-order valence-corrected chi connectivity index (χ0v) is 14.4. The van der Waals surface area contributed by atoms with E-state index < -0.39 is 5.60 Å². The Kier molecular flexibility index (Phi) is 5.35. The van der Waals surface area contributed by atoms with Gasteiger partial charge in [0.2, 0.25) is 5.91 Å². The van der Waals surface area contributed by atoms with Crippen LogP contribution in [0.2, 0.25) is 0 Å². The molecule has 1 saturated heterocycles.